The third-order valence-corrected chi connectivity index (χ3v) is 4.74. The number of aromatic nitrogens is 4. The van der Waals surface area contributed by atoms with E-state index in [9.17, 15) is 0 Å². The van der Waals surface area contributed by atoms with Crippen LogP contribution in [0.15, 0.2) is 40.9 Å². The number of rotatable bonds is 2. The second kappa shape index (κ2) is 5.22. The molecule has 0 N–H and O–H groups in total. The molecule has 1 aliphatic carbocycles. The van der Waals surface area contributed by atoms with Crippen molar-refractivity contribution >= 4 is 26.7 Å². The Morgan fingerprint density at radius 1 is 1.00 bits per heavy atom. The van der Waals surface area contributed by atoms with Gasteiger partial charge in [-0.3, -0.25) is 0 Å². The van der Waals surface area contributed by atoms with Crippen LogP contribution in [0.1, 0.15) is 37.4 Å². The third-order valence-electron chi connectivity index (χ3n) is 4.24. The molecule has 106 valence electrons. The summed E-state index contributed by atoms with van der Waals surface area (Å²) in [7, 11) is 0. The lowest BCUT2D eigenvalue weighted by molar-refractivity contribution is 0.636. The Labute approximate surface area is 131 Å². The maximum Gasteiger partial charge on any atom is 0.159 e. The van der Waals surface area contributed by atoms with E-state index in [1.807, 2.05) is 4.68 Å². The number of fused-ring (bicyclic) bond motifs is 1. The Hall–Kier alpha value is -1.75. The molecule has 0 unspecified atom stereocenters. The van der Waals surface area contributed by atoms with E-state index in [0.29, 0.717) is 5.92 Å². The van der Waals surface area contributed by atoms with Gasteiger partial charge in [-0.2, -0.15) is 4.68 Å². The molecule has 4 nitrogen and oxygen atoms in total. The highest BCUT2D eigenvalue weighted by molar-refractivity contribution is 9.10. The Morgan fingerprint density at radius 2 is 1.76 bits per heavy atom. The molecule has 1 saturated carbocycles. The smallest absolute Gasteiger partial charge is 0.159 e. The third kappa shape index (κ3) is 2.35. The van der Waals surface area contributed by atoms with Crippen LogP contribution in [0.3, 0.4) is 0 Å². The maximum atomic E-state index is 4.26. The van der Waals surface area contributed by atoms with Gasteiger partial charge in [0.2, 0.25) is 0 Å². The fourth-order valence-electron chi connectivity index (χ4n) is 3.15. The van der Waals surface area contributed by atoms with Crippen molar-refractivity contribution in [1.82, 2.24) is 20.2 Å². The molecule has 0 saturated heterocycles. The molecule has 0 spiro atoms. The van der Waals surface area contributed by atoms with Crippen molar-refractivity contribution in [2.45, 2.75) is 31.6 Å². The lowest BCUT2D eigenvalue weighted by Gasteiger charge is -2.10. The number of halogens is 1. The van der Waals surface area contributed by atoms with Gasteiger partial charge in [-0.25, -0.2) is 0 Å². The van der Waals surface area contributed by atoms with E-state index in [0.717, 1.165) is 16.0 Å². The Balaban J connectivity index is 1.79. The highest BCUT2D eigenvalue weighted by Gasteiger charge is 2.23. The average Bonchev–Trinajstić information content (AvgIpc) is 3.17. The predicted molar refractivity (Wildman–Crippen MR) is 85.6 cm³/mol. The zero-order chi connectivity index (χ0) is 14.2. The van der Waals surface area contributed by atoms with E-state index in [-0.39, 0.29) is 0 Å². The molecule has 1 fully saturated rings. The predicted octanol–water partition coefficient (Wildman–Crippen LogP) is 4.24. The number of tetrazole rings is 1. The second-order valence-corrected chi connectivity index (χ2v) is 6.52. The standard InChI is InChI=1S/C16H15BrN4/c17-14-7-5-13-10-15(8-6-12(13)9-14)21-16(18-19-20-21)11-3-1-2-4-11/h5-11H,1-4H2. The molecule has 0 radical (unpaired) electrons. The molecule has 2 aromatic carbocycles. The molecule has 4 rings (SSSR count). The number of hydrogen-bond acceptors (Lipinski definition) is 3. The fourth-order valence-corrected chi connectivity index (χ4v) is 3.53. The van der Waals surface area contributed by atoms with Crippen molar-refractivity contribution in [1.29, 1.82) is 0 Å². The van der Waals surface area contributed by atoms with Crippen molar-refractivity contribution < 1.29 is 0 Å². The van der Waals surface area contributed by atoms with Gasteiger partial charge in [-0.1, -0.05) is 40.9 Å². The SMILES string of the molecule is Brc1ccc2cc(-n3nnnc3C3CCCC3)ccc2c1. The van der Waals surface area contributed by atoms with Gasteiger partial charge in [0.1, 0.15) is 0 Å². The molecular formula is C16H15BrN4. The number of benzene rings is 2. The molecule has 3 aromatic rings. The number of hydrogen-bond donors (Lipinski definition) is 0. The molecule has 1 aromatic heterocycles. The van der Waals surface area contributed by atoms with Crippen molar-refractivity contribution in [3.05, 3.63) is 46.7 Å². The highest BCUT2D eigenvalue weighted by atomic mass is 79.9. The Kier molecular flexibility index (Phi) is 3.22. The molecule has 0 bridgehead atoms. The average molecular weight is 343 g/mol. The lowest BCUT2D eigenvalue weighted by Crippen LogP contribution is -2.06. The van der Waals surface area contributed by atoms with Crippen LogP contribution in [-0.2, 0) is 0 Å². The summed E-state index contributed by atoms with van der Waals surface area (Å²) in [6.07, 6.45) is 4.95. The Bertz CT molecular complexity index is 790. The van der Waals surface area contributed by atoms with Crippen molar-refractivity contribution in [3.8, 4) is 5.69 Å². The summed E-state index contributed by atoms with van der Waals surface area (Å²) < 4.78 is 2.99. The van der Waals surface area contributed by atoms with Crippen LogP contribution in [0.25, 0.3) is 16.5 Å². The van der Waals surface area contributed by atoms with Crippen molar-refractivity contribution in [2.75, 3.05) is 0 Å². The largest absolute Gasteiger partial charge is 0.197 e. The second-order valence-electron chi connectivity index (χ2n) is 5.61. The van der Waals surface area contributed by atoms with E-state index in [1.54, 1.807) is 0 Å². The maximum absolute atomic E-state index is 4.26. The first-order valence-electron chi connectivity index (χ1n) is 7.29. The first-order valence-corrected chi connectivity index (χ1v) is 8.08. The van der Waals surface area contributed by atoms with Crippen LogP contribution in [-0.4, -0.2) is 20.2 Å². The van der Waals surface area contributed by atoms with Gasteiger partial charge >= 0.3 is 0 Å². The minimum absolute atomic E-state index is 0.501. The van der Waals surface area contributed by atoms with E-state index in [4.69, 9.17) is 0 Å². The van der Waals surface area contributed by atoms with Crippen LogP contribution < -0.4 is 0 Å². The topological polar surface area (TPSA) is 43.6 Å². The molecule has 5 heteroatoms. The zero-order valence-corrected chi connectivity index (χ0v) is 13.1. The van der Waals surface area contributed by atoms with Gasteiger partial charge in [0.15, 0.2) is 5.82 Å². The van der Waals surface area contributed by atoms with Gasteiger partial charge in [0.05, 0.1) is 5.69 Å². The fraction of sp³-hybridized carbons (Fsp3) is 0.312. The monoisotopic (exact) mass is 342 g/mol. The summed E-state index contributed by atoms with van der Waals surface area (Å²) in [6, 6.07) is 12.7. The Morgan fingerprint density at radius 3 is 2.62 bits per heavy atom. The van der Waals surface area contributed by atoms with Crippen molar-refractivity contribution in [2.24, 2.45) is 0 Å². The molecule has 1 heterocycles. The lowest BCUT2D eigenvalue weighted by atomic mass is 10.1. The van der Waals surface area contributed by atoms with Crippen LogP contribution in [0.2, 0.25) is 0 Å². The summed E-state index contributed by atoms with van der Waals surface area (Å²) >= 11 is 3.51. The molecule has 1 aliphatic rings. The first-order chi connectivity index (χ1) is 10.3. The van der Waals surface area contributed by atoms with E-state index < -0.39 is 0 Å². The van der Waals surface area contributed by atoms with Crippen LogP contribution in [0, 0.1) is 0 Å². The summed E-state index contributed by atoms with van der Waals surface area (Å²) in [4.78, 5) is 0. The summed E-state index contributed by atoms with van der Waals surface area (Å²) in [5.41, 5.74) is 1.04. The molecule has 0 amide bonds. The summed E-state index contributed by atoms with van der Waals surface area (Å²) in [6.45, 7) is 0. The molecule has 21 heavy (non-hydrogen) atoms. The molecular weight excluding hydrogens is 328 g/mol. The van der Waals surface area contributed by atoms with E-state index in [2.05, 4.69) is 67.9 Å². The summed E-state index contributed by atoms with van der Waals surface area (Å²) in [5.74, 6) is 1.50. The zero-order valence-electron chi connectivity index (χ0n) is 11.5. The van der Waals surface area contributed by atoms with Gasteiger partial charge in [-0.15, -0.1) is 5.10 Å². The van der Waals surface area contributed by atoms with Gasteiger partial charge < -0.3 is 0 Å². The van der Waals surface area contributed by atoms with Crippen LogP contribution in [0.4, 0.5) is 0 Å². The van der Waals surface area contributed by atoms with Gasteiger partial charge in [-0.05, 0) is 58.3 Å². The summed E-state index contributed by atoms with van der Waals surface area (Å²) in [5, 5.41) is 14.8. The van der Waals surface area contributed by atoms with Crippen LogP contribution in [0.5, 0.6) is 0 Å². The minimum Gasteiger partial charge on any atom is -0.197 e. The minimum atomic E-state index is 0.501. The highest BCUT2D eigenvalue weighted by Crippen LogP contribution is 2.33. The van der Waals surface area contributed by atoms with E-state index >= 15 is 0 Å². The molecule has 0 atom stereocenters. The van der Waals surface area contributed by atoms with Crippen LogP contribution >= 0.6 is 15.9 Å². The quantitative estimate of drug-likeness (QED) is 0.699. The molecule has 0 aliphatic heterocycles. The van der Waals surface area contributed by atoms with Crippen molar-refractivity contribution in [3.63, 3.8) is 0 Å². The van der Waals surface area contributed by atoms with E-state index in [1.165, 1.54) is 36.5 Å². The van der Waals surface area contributed by atoms with Gasteiger partial charge in [0, 0.05) is 10.4 Å². The number of nitrogens with zero attached hydrogens (tertiary/aromatic N) is 4. The van der Waals surface area contributed by atoms with Gasteiger partial charge in [0.25, 0.3) is 0 Å². The first kappa shape index (κ1) is 13.0. The normalized spacial score (nSPS) is 15.9.